The van der Waals surface area contributed by atoms with E-state index in [-0.39, 0.29) is 18.9 Å². The van der Waals surface area contributed by atoms with E-state index in [0.29, 0.717) is 6.04 Å². The number of aliphatic hydroxyl groups excluding tert-OH is 1. The normalized spacial score (nSPS) is 26.7. The molecule has 88 valence electrons. The van der Waals surface area contributed by atoms with Crippen LogP contribution in [0.1, 0.15) is 46.0 Å². The molecule has 0 unspecified atom stereocenters. The SMILES string of the molecule is CC(C)[C@H]1CC[C@H](NC(=O)CCO)CC1. The average Bonchev–Trinajstić information content (AvgIpc) is 2.18. The summed E-state index contributed by atoms with van der Waals surface area (Å²) in [5.41, 5.74) is 0. The molecule has 0 radical (unpaired) electrons. The minimum Gasteiger partial charge on any atom is -0.396 e. The van der Waals surface area contributed by atoms with E-state index in [0.717, 1.165) is 24.7 Å². The highest BCUT2D eigenvalue weighted by Gasteiger charge is 2.23. The van der Waals surface area contributed by atoms with E-state index in [1.54, 1.807) is 0 Å². The molecule has 3 nitrogen and oxygen atoms in total. The Morgan fingerprint density at radius 2 is 1.93 bits per heavy atom. The van der Waals surface area contributed by atoms with Crippen LogP contribution in [0.15, 0.2) is 0 Å². The molecule has 1 saturated carbocycles. The standard InChI is InChI=1S/C12H23NO2/c1-9(2)10-3-5-11(6-4-10)13-12(15)7-8-14/h9-11,14H,3-8H2,1-2H3,(H,13,15)/t10-,11-. The molecule has 1 aliphatic carbocycles. The first-order chi connectivity index (χ1) is 7.13. The van der Waals surface area contributed by atoms with Crippen molar-refractivity contribution >= 4 is 5.91 Å². The Morgan fingerprint density at radius 3 is 2.40 bits per heavy atom. The highest BCUT2D eigenvalue weighted by atomic mass is 16.3. The average molecular weight is 213 g/mol. The number of nitrogens with one attached hydrogen (secondary N) is 1. The summed E-state index contributed by atoms with van der Waals surface area (Å²) in [5.74, 6) is 1.58. The van der Waals surface area contributed by atoms with Crippen LogP contribution in [0.25, 0.3) is 0 Å². The summed E-state index contributed by atoms with van der Waals surface area (Å²) in [6, 6.07) is 0.346. The lowest BCUT2D eigenvalue weighted by molar-refractivity contribution is -0.122. The summed E-state index contributed by atoms with van der Waals surface area (Å²) in [7, 11) is 0. The van der Waals surface area contributed by atoms with Gasteiger partial charge in [0.2, 0.25) is 5.91 Å². The third-order valence-corrected chi connectivity index (χ3v) is 3.42. The lowest BCUT2D eigenvalue weighted by Crippen LogP contribution is -2.38. The predicted molar refractivity (Wildman–Crippen MR) is 60.4 cm³/mol. The van der Waals surface area contributed by atoms with Gasteiger partial charge in [0.15, 0.2) is 0 Å². The first-order valence-electron chi connectivity index (χ1n) is 6.03. The summed E-state index contributed by atoms with van der Waals surface area (Å²) in [4.78, 5) is 11.3. The quantitative estimate of drug-likeness (QED) is 0.746. The predicted octanol–water partition coefficient (Wildman–Crippen LogP) is 1.70. The van der Waals surface area contributed by atoms with Gasteiger partial charge in [-0.1, -0.05) is 13.8 Å². The van der Waals surface area contributed by atoms with Crippen LogP contribution in [-0.2, 0) is 4.79 Å². The molecule has 0 spiro atoms. The molecule has 1 fully saturated rings. The van der Waals surface area contributed by atoms with Gasteiger partial charge in [0, 0.05) is 12.5 Å². The smallest absolute Gasteiger partial charge is 0.222 e. The summed E-state index contributed by atoms with van der Waals surface area (Å²) < 4.78 is 0. The molecule has 0 aromatic carbocycles. The summed E-state index contributed by atoms with van der Waals surface area (Å²) in [6.07, 6.45) is 4.88. The zero-order chi connectivity index (χ0) is 11.3. The zero-order valence-corrected chi connectivity index (χ0v) is 9.83. The van der Waals surface area contributed by atoms with Crippen LogP contribution in [0.4, 0.5) is 0 Å². The first kappa shape index (κ1) is 12.5. The summed E-state index contributed by atoms with van der Waals surface area (Å²) in [5, 5.41) is 11.6. The van der Waals surface area contributed by atoms with Crippen LogP contribution < -0.4 is 5.32 Å². The third-order valence-electron chi connectivity index (χ3n) is 3.42. The number of amides is 1. The molecule has 1 rings (SSSR count). The van der Waals surface area contributed by atoms with Gasteiger partial charge in [-0.05, 0) is 37.5 Å². The molecular weight excluding hydrogens is 190 g/mol. The molecule has 0 aromatic rings. The van der Waals surface area contributed by atoms with Gasteiger partial charge in [0.05, 0.1) is 6.61 Å². The Kier molecular flexibility index (Phi) is 5.09. The van der Waals surface area contributed by atoms with Crippen LogP contribution in [-0.4, -0.2) is 23.7 Å². The molecule has 0 saturated heterocycles. The maximum Gasteiger partial charge on any atom is 0.222 e. The van der Waals surface area contributed by atoms with Crippen LogP contribution in [0.5, 0.6) is 0 Å². The zero-order valence-electron chi connectivity index (χ0n) is 9.83. The minimum absolute atomic E-state index is 0.00880. The van der Waals surface area contributed by atoms with E-state index in [9.17, 15) is 4.79 Å². The van der Waals surface area contributed by atoms with Crippen molar-refractivity contribution in [1.29, 1.82) is 0 Å². The Balaban J connectivity index is 2.22. The monoisotopic (exact) mass is 213 g/mol. The summed E-state index contributed by atoms with van der Waals surface area (Å²) in [6.45, 7) is 4.50. The summed E-state index contributed by atoms with van der Waals surface area (Å²) >= 11 is 0. The lowest BCUT2D eigenvalue weighted by atomic mass is 9.80. The number of rotatable bonds is 4. The first-order valence-corrected chi connectivity index (χ1v) is 6.03. The van der Waals surface area contributed by atoms with Gasteiger partial charge in [0.1, 0.15) is 0 Å². The second kappa shape index (κ2) is 6.11. The van der Waals surface area contributed by atoms with E-state index in [4.69, 9.17) is 5.11 Å². The Bertz CT molecular complexity index is 196. The van der Waals surface area contributed by atoms with Crippen molar-refractivity contribution in [3.63, 3.8) is 0 Å². The van der Waals surface area contributed by atoms with E-state index < -0.39 is 0 Å². The van der Waals surface area contributed by atoms with Crippen molar-refractivity contribution < 1.29 is 9.90 Å². The van der Waals surface area contributed by atoms with E-state index >= 15 is 0 Å². The van der Waals surface area contributed by atoms with E-state index in [1.165, 1.54) is 12.8 Å². The molecule has 0 heterocycles. The number of carbonyl (C=O) groups is 1. The van der Waals surface area contributed by atoms with Crippen LogP contribution >= 0.6 is 0 Å². The van der Waals surface area contributed by atoms with Crippen molar-refractivity contribution in [3.05, 3.63) is 0 Å². The topological polar surface area (TPSA) is 49.3 Å². The molecular formula is C12H23NO2. The maximum absolute atomic E-state index is 11.3. The Labute approximate surface area is 92.3 Å². The third kappa shape index (κ3) is 4.20. The molecule has 15 heavy (non-hydrogen) atoms. The number of carbonyl (C=O) groups excluding carboxylic acids is 1. The van der Waals surface area contributed by atoms with Crippen LogP contribution in [0.3, 0.4) is 0 Å². The molecule has 0 aliphatic heterocycles. The van der Waals surface area contributed by atoms with E-state index in [2.05, 4.69) is 19.2 Å². The Morgan fingerprint density at radius 1 is 1.33 bits per heavy atom. The molecule has 1 aliphatic rings. The highest BCUT2D eigenvalue weighted by molar-refractivity contribution is 5.76. The fourth-order valence-corrected chi connectivity index (χ4v) is 2.33. The second-order valence-electron chi connectivity index (χ2n) is 4.90. The van der Waals surface area contributed by atoms with Crippen molar-refractivity contribution in [3.8, 4) is 0 Å². The van der Waals surface area contributed by atoms with Crippen molar-refractivity contribution in [2.75, 3.05) is 6.61 Å². The van der Waals surface area contributed by atoms with Gasteiger partial charge in [-0.3, -0.25) is 4.79 Å². The molecule has 3 heteroatoms. The van der Waals surface area contributed by atoms with Gasteiger partial charge in [0.25, 0.3) is 0 Å². The number of aliphatic hydroxyl groups is 1. The van der Waals surface area contributed by atoms with Crippen LogP contribution in [0, 0.1) is 11.8 Å². The minimum atomic E-state index is -0.0484. The Hall–Kier alpha value is -0.570. The molecule has 0 bridgehead atoms. The molecule has 1 amide bonds. The highest BCUT2D eigenvalue weighted by Crippen LogP contribution is 2.29. The van der Waals surface area contributed by atoms with E-state index in [1.807, 2.05) is 0 Å². The number of hydrogen-bond donors (Lipinski definition) is 2. The number of hydrogen-bond acceptors (Lipinski definition) is 2. The van der Waals surface area contributed by atoms with Gasteiger partial charge in [-0.2, -0.15) is 0 Å². The molecule has 0 atom stereocenters. The lowest BCUT2D eigenvalue weighted by Gasteiger charge is -2.31. The van der Waals surface area contributed by atoms with Gasteiger partial charge in [-0.15, -0.1) is 0 Å². The molecule has 0 aromatic heterocycles. The largest absolute Gasteiger partial charge is 0.396 e. The van der Waals surface area contributed by atoms with Crippen molar-refractivity contribution in [2.45, 2.75) is 52.0 Å². The van der Waals surface area contributed by atoms with Gasteiger partial charge < -0.3 is 10.4 Å². The second-order valence-corrected chi connectivity index (χ2v) is 4.90. The van der Waals surface area contributed by atoms with Crippen molar-refractivity contribution in [1.82, 2.24) is 5.32 Å². The maximum atomic E-state index is 11.3. The van der Waals surface area contributed by atoms with Crippen molar-refractivity contribution in [2.24, 2.45) is 11.8 Å². The van der Waals surface area contributed by atoms with Gasteiger partial charge in [-0.25, -0.2) is 0 Å². The fourth-order valence-electron chi connectivity index (χ4n) is 2.33. The fraction of sp³-hybridized carbons (Fsp3) is 0.917. The molecule has 2 N–H and O–H groups in total. The van der Waals surface area contributed by atoms with Gasteiger partial charge >= 0.3 is 0 Å². The van der Waals surface area contributed by atoms with Crippen LogP contribution in [0.2, 0.25) is 0 Å².